The highest BCUT2D eigenvalue weighted by Crippen LogP contribution is 2.19. The topological polar surface area (TPSA) is 54.5 Å². The largest absolute Gasteiger partial charge is 0.463 e. The quantitative estimate of drug-likeness (QED) is 0.828. The van der Waals surface area contributed by atoms with Gasteiger partial charge in [0.2, 0.25) is 0 Å². The van der Waals surface area contributed by atoms with E-state index in [9.17, 15) is 4.79 Å². The number of halogens is 1. The normalized spacial score (nSPS) is 15.7. The number of amides is 2. The van der Waals surface area contributed by atoms with E-state index in [4.69, 9.17) is 16.3 Å². The number of aromatic nitrogens is 1. The minimum Gasteiger partial charge on any atom is -0.463 e. The van der Waals surface area contributed by atoms with E-state index in [1.54, 1.807) is 11.1 Å². The molecule has 1 N–H and O–H groups in total. The fourth-order valence-electron chi connectivity index (χ4n) is 1.36. The summed E-state index contributed by atoms with van der Waals surface area (Å²) in [6.07, 6.45) is 1.76. The number of carbonyl (C=O) groups excluding carboxylic acids is 1. The van der Waals surface area contributed by atoms with Crippen LogP contribution in [0.2, 0.25) is 0 Å². The molecule has 1 aromatic rings. The Morgan fingerprint density at radius 3 is 3.19 bits per heavy atom. The van der Waals surface area contributed by atoms with Crippen molar-refractivity contribution in [1.82, 2.24) is 15.2 Å². The monoisotopic (exact) mass is 261 g/mol. The minimum atomic E-state index is -0.0837. The van der Waals surface area contributed by atoms with Gasteiger partial charge in [0.05, 0.1) is 13.1 Å². The van der Waals surface area contributed by atoms with E-state index in [0.717, 1.165) is 0 Å². The van der Waals surface area contributed by atoms with Crippen molar-refractivity contribution >= 4 is 29.0 Å². The van der Waals surface area contributed by atoms with Gasteiger partial charge in [-0.3, -0.25) is 0 Å². The number of thiazole rings is 1. The smallest absolute Gasteiger partial charge is 0.317 e. The third-order valence-corrected chi connectivity index (χ3v) is 3.03. The van der Waals surface area contributed by atoms with Crippen LogP contribution in [0.15, 0.2) is 11.6 Å². The fourth-order valence-corrected chi connectivity index (χ4v) is 2.00. The Balaban J connectivity index is 1.67. The van der Waals surface area contributed by atoms with Gasteiger partial charge in [-0.15, -0.1) is 11.6 Å². The summed E-state index contributed by atoms with van der Waals surface area (Å²) in [5, 5.41) is 5.22. The summed E-state index contributed by atoms with van der Waals surface area (Å²) in [6.45, 7) is 1.70. The number of nitrogens with one attached hydrogen (secondary N) is 1. The summed E-state index contributed by atoms with van der Waals surface area (Å²) in [4.78, 5) is 17.1. The first kappa shape index (κ1) is 11.5. The highest BCUT2D eigenvalue weighted by atomic mass is 35.5. The molecule has 0 bridgehead atoms. The number of urea groups is 1. The van der Waals surface area contributed by atoms with Crippen LogP contribution in [0.25, 0.3) is 0 Å². The van der Waals surface area contributed by atoms with Gasteiger partial charge >= 0.3 is 6.03 Å². The summed E-state index contributed by atoms with van der Waals surface area (Å²) < 4.78 is 5.53. The maximum Gasteiger partial charge on any atom is 0.317 e. The molecule has 0 aliphatic carbocycles. The number of hydrogen-bond acceptors (Lipinski definition) is 4. The SMILES string of the molecule is O=C(NCCCl)N1CC(Oc2nccs2)C1. The molecule has 2 amide bonds. The van der Waals surface area contributed by atoms with Crippen molar-refractivity contribution in [3.05, 3.63) is 11.6 Å². The second kappa shape index (κ2) is 5.36. The van der Waals surface area contributed by atoms with Crippen molar-refractivity contribution in [2.75, 3.05) is 25.5 Å². The van der Waals surface area contributed by atoms with E-state index in [1.165, 1.54) is 11.3 Å². The zero-order valence-electron chi connectivity index (χ0n) is 8.56. The second-order valence-corrected chi connectivity index (χ2v) is 4.60. The van der Waals surface area contributed by atoms with E-state index < -0.39 is 0 Å². The van der Waals surface area contributed by atoms with E-state index in [1.807, 2.05) is 5.38 Å². The van der Waals surface area contributed by atoms with Crippen LogP contribution in [0, 0.1) is 0 Å². The number of ether oxygens (including phenoxy) is 1. The molecule has 0 aromatic carbocycles. The number of nitrogens with zero attached hydrogens (tertiary/aromatic N) is 2. The first-order valence-electron chi connectivity index (χ1n) is 4.94. The zero-order valence-corrected chi connectivity index (χ0v) is 10.1. The molecular weight excluding hydrogens is 250 g/mol. The predicted molar refractivity (Wildman–Crippen MR) is 62.2 cm³/mol. The molecule has 1 saturated heterocycles. The van der Waals surface area contributed by atoms with Crippen LogP contribution in [0.3, 0.4) is 0 Å². The predicted octanol–water partition coefficient (Wildman–Crippen LogP) is 1.15. The van der Waals surface area contributed by atoms with Gasteiger partial charge in [-0.2, -0.15) is 0 Å². The van der Waals surface area contributed by atoms with Crippen LogP contribution in [-0.4, -0.2) is 47.5 Å². The number of hydrogen-bond donors (Lipinski definition) is 1. The summed E-state index contributed by atoms with van der Waals surface area (Å²) >= 11 is 6.92. The number of rotatable bonds is 4. The van der Waals surface area contributed by atoms with E-state index in [0.29, 0.717) is 30.7 Å². The molecule has 0 spiro atoms. The third kappa shape index (κ3) is 2.76. The minimum absolute atomic E-state index is 0.0629. The number of carbonyl (C=O) groups is 1. The Morgan fingerprint density at radius 1 is 1.75 bits per heavy atom. The Kier molecular flexibility index (Phi) is 3.84. The summed E-state index contributed by atoms with van der Waals surface area (Å²) in [5.41, 5.74) is 0. The third-order valence-electron chi connectivity index (χ3n) is 2.18. The maximum absolute atomic E-state index is 11.4. The van der Waals surface area contributed by atoms with Crippen LogP contribution >= 0.6 is 22.9 Å². The molecule has 1 aliphatic heterocycles. The van der Waals surface area contributed by atoms with Crippen molar-refractivity contribution < 1.29 is 9.53 Å². The van der Waals surface area contributed by atoms with Crippen LogP contribution in [0.5, 0.6) is 5.19 Å². The van der Waals surface area contributed by atoms with E-state index >= 15 is 0 Å². The Hall–Kier alpha value is -1.01. The van der Waals surface area contributed by atoms with Gasteiger partial charge in [-0.05, 0) is 0 Å². The van der Waals surface area contributed by atoms with E-state index in [-0.39, 0.29) is 12.1 Å². The Morgan fingerprint density at radius 2 is 2.56 bits per heavy atom. The molecule has 1 fully saturated rings. The molecular formula is C9H12ClN3O2S. The van der Waals surface area contributed by atoms with Gasteiger partial charge in [0.1, 0.15) is 6.10 Å². The second-order valence-electron chi connectivity index (χ2n) is 3.36. The number of likely N-dealkylation sites (tertiary alicyclic amines) is 1. The summed E-state index contributed by atoms with van der Waals surface area (Å²) in [5.74, 6) is 0.429. The van der Waals surface area contributed by atoms with Crippen LogP contribution < -0.4 is 10.1 Å². The Bertz CT molecular complexity index is 341. The van der Waals surface area contributed by atoms with Crippen LogP contribution in [0.1, 0.15) is 0 Å². The molecule has 7 heteroatoms. The molecule has 2 heterocycles. The van der Waals surface area contributed by atoms with Crippen molar-refractivity contribution in [2.45, 2.75) is 6.10 Å². The van der Waals surface area contributed by atoms with E-state index in [2.05, 4.69) is 10.3 Å². The van der Waals surface area contributed by atoms with Gasteiger partial charge in [0, 0.05) is 24.0 Å². The van der Waals surface area contributed by atoms with Gasteiger partial charge in [0.25, 0.3) is 5.19 Å². The van der Waals surface area contributed by atoms with Gasteiger partial charge < -0.3 is 15.0 Å². The average Bonchev–Trinajstić information content (AvgIpc) is 2.72. The Labute approximate surface area is 102 Å². The first-order valence-corrected chi connectivity index (χ1v) is 6.36. The molecule has 16 heavy (non-hydrogen) atoms. The molecule has 0 atom stereocenters. The first-order chi connectivity index (χ1) is 7.79. The molecule has 0 unspecified atom stereocenters. The van der Waals surface area contributed by atoms with Gasteiger partial charge in [0.15, 0.2) is 0 Å². The van der Waals surface area contributed by atoms with Gasteiger partial charge in [-0.1, -0.05) is 11.3 Å². The average molecular weight is 262 g/mol. The number of alkyl halides is 1. The lowest BCUT2D eigenvalue weighted by molar-refractivity contribution is 0.0445. The molecule has 5 nitrogen and oxygen atoms in total. The van der Waals surface area contributed by atoms with Crippen molar-refractivity contribution in [3.8, 4) is 5.19 Å². The molecule has 2 rings (SSSR count). The molecule has 0 radical (unpaired) electrons. The van der Waals surface area contributed by atoms with Gasteiger partial charge in [-0.25, -0.2) is 9.78 Å². The molecule has 1 aromatic heterocycles. The maximum atomic E-state index is 11.4. The highest BCUT2D eigenvalue weighted by molar-refractivity contribution is 7.11. The lowest BCUT2D eigenvalue weighted by atomic mass is 10.2. The zero-order chi connectivity index (χ0) is 11.4. The standard InChI is InChI=1S/C9H12ClN3O2S/c10-1-2-11-8(14)13-5-7(6-13)15-9-12-3-4-16-9/h3-4,7H,1-2,5-6H2,(H,11,14). The van der Waals surface area contributed by atoms with Crippen LogP contribution in [-0.2, 0) is 0 Å². The lowest BCUT2D eigenvalue weighted by Gasteiger charge is -2.38. The van der Waals surface area contributed by atoms with Crippen molar-refractivity contribution in [2.24, 2.45) is 0 Å². The lowest BCUT2D eigenvalue weighted by Crippen LogP contribution is -2.59. The highest BCUT2D eigenvalue weighted by Gasteiger charge is 2.32. The molecule has 1 aliphatic rings. The fraction of sp³-hybridized carbons (Fsp3) is 0.556. The van der Waals surface area contributed by atoms with Crippen LogP contribution in [0.4, 0.5) is 4.79 Å². The van der Waals surface area contributed by atoms with Crippen molar-refractivity contribution in [3.63, 3.8) is 0 Å². The summed E-state index contributed by atoms with van der Waals surface area (Å²) in [7, 11) is 0. The molecule has 0 saturated carbocycles. The molecule has 88 valence electrons. The van der Waals surface area contributed by atoms with Crippen molar-refractivity contribution in [1.29, 1.82) is 0 Å². The summed E-state index contributed by atoms with van der Waals surface area (Å²) in [6, 6.07) is -0.0837.